The molecule has 0 bridgehead atoms. The molecule has 140 valence electrons. The van der Waals surface area contributed by atoms with E-state index in [-0.39, 0.29) is 0 Å². The Morgan fingerprint density at radius 3 is 1.24 bits per heavy atom. The van der Waals surface area contributed by atoms with Crippen molar-refractivity contribution in [3.8, 4) is 28.2 Å². The van der Waals surface area contributed by atoms with Gasteiger partial charge < -0.3 is 0 Å². The molecule has 0 fully saturated rings. The maximum atomic E-state index is 13.4. The molecule has 0 amide bonds. The van der Waals surface area contributed by atoms with Crippen LogP contribution >= 0.6 is 0 Å². The SMILES string of the molecule is O=c1n(-c2ccccc2)c(=O)n2c(-c3ccccc3)ccc(-c3ccccc3)n12. The number of rotatable bonds is 3. The third-order valence-corrected chi connectivity index (χ3v) is 4.95. The van der Waals surface area contributed by atoms with Crippen LogP contribution in [0.25, 0.3) is 28.2 Å². The Morgan fingerprint density at radius 1 is 0.448 bits per heavy atom. The van der Waals surface area contributed by atoms with Crippen molar-refractivity contribution in [3.05, 3.63) is 124 Å². The van der Waals surface area contributed by atoms with E-state index < -0.39 is 11.4 Å². The second-order valence-corrected chi connectivity index (χ2v) is 6.70. The molecule has 0 N–H and O–H groups in total. The van der Waals surface area contributed by atoms with Gasteiger partial charge in [0.2, 0.25) is 0 Å². The third-order valence-electron chi connectivity index (χ3n) is 4.95. The van der Waals surface area contributed by atoms with E-state index in [9.17, 15) is 9.59 Å². The van der Waals surface area contributed by atoms with Gasteiger partial charge in [-0.25, -0.2) is 14.2 Å². The summed E-state index contributed by atoms with van der Waals surface area (Å²) in [5.74, 6) is 0. The van der Waals surface area contributed by atoms with Crippen LogP contribution in [0.2, 0.25) is 0 Å². The smallest absolute Gasteiger partial charge is 0.245 e. The van der Waals surface area contributed by atoms with Crippen LogP contribution in [-0.4, -0.2) is 13.6 Å². The molecule has 5 rings (SSSR count). The standard InChI is InChI=1S/C24H17N3O2/c28-23-25(20-14-8-3-9-15-20)24(29)27-22(19-12-6-2-7-13-19)17-16-21(26(23)27)18-10-4-1-5-11-18/h1-17H. The van der Waals surface area contributed by atoms with Gasteiger partial charge in [0.1, 0.15) is 0 Å². The fourth-order valence-corrected chi connectivity index (χ4v) is 3.62. The monoisotopic (exact) mass is 379 g/mol. The van der Waals surface area contributed by atoms with Crippen LogP contribution in [0.1, 0.15) is 0 Å². The van der Waals surface area contributed by atoms with Crippen molar-refractivity contribution in [1.29, 1.82) is 0 Å². The molecule has 5 nitrogen and oxygen atoms in total. The number of fused-ring (bicyclic) bond motifs is 1. The first-order valence-corrected chi connectivity index (χ1v) is 9.32. The molecular formula is C24H17N3O2. The zero-order valence-corrected chi connectivity index (χ0v) is 15.5. The zero-order chi connectivity index (χ0) is 19.8. The van der Waals surface area contributed by atoms with Crippen molar-refractivity contribution in [2.75, 3.05) is 0 Å². The number of nitrogens with zero attached hydrogens (tertiary/aromatic N) is 3. The van der Waals surface area contributed by atoms with Gasteiger partial charge in [-0.3, -0.25) is 0 Å². The summed E-state index contributed by atoms with van der Waals surface area (Å²) in [6, 6.07) is 31.9. The summed E-state index contributed by atoms with van der Waals surface area (Å²) in [6.45, 7) is 0. The number of benzene rings is 3. The van der Waals surface area contributed by atoms with Crippen LogP contribution < -0.4 is 11.4 Å². The van der Waals surface area contributed by atoms with Gasteiger partial charge in [0.15, 0.2) is 0 Å². The second kappa shape index (κ2) is 6.80. The van der Waals surface area contributed by atoms with E-state index in [1.807, 2.05) is 91.0 Å². The van der Waals surface area contributed by atoms with Gasteiger partial charge in [-0.1, -0.05) is 78.9 Å². The van der Waals surface area contributed by atoms with Gasteiger partial charge >= 0.3 is 11.4 Å². The quantitative estimate of drug-likeness (QED) is 0.478. The number of para-hydroxylation sites is 1. The predicted octanol–water partition coefficient (Wildman–Crippen LogP) is 3.88. The average molecular weight is 379 g/mol. The molecule has 3 aromatic carbocycles. The van der Waals surface area contributed by atoms with E-state index in [0.29, 0.717) is 17.1 Å². The Labute approximate surface area is 166 Å². The van der Waals surface area contributed by atoms with Crippen molar-refractivity contribution in [1.82, 2.24) is 13.6 Å². The highest BCUT2D eigenvalue weighted by molar-refractivity contribution is 5.65. The molecule has 0 aliphatic heterocycles. The van der Waals surface area contributed by atoms with E-state index >= 15 is 0 Å². The van der Waals surface area contributed by atoms with Crippen LogP contribution in [0.3, 0.4) is 0 Å². The topological polar surface area (TPSA) is 47.9 Å². The molecule has 0 spiro atoms. The van der Waals surface area contributed by atoms with E-state index in [2.05, 4.69) is 0 Å². The van der Waals surface area contributed by atoms with Crippen LogP contribution in [0, 0.1) is 0 Å². The molecule has 2 heterocycles. The van der Waals surface area contributed by atoms with Crippen molar-refractivity contribution in [2.24, 2.45) is 0 Å². The van der Waals surface area contributed by atoms with Crippen LogP contribution in [-0.2, 0) is 0 Å². The molecule has 0 aliphatic rings. The summed E-state index contributed by atoms with van der Waals surface area (Å²) in [5, 5.41) is 0. The Hall–Kier alpha value is -4.12. The summed E-state index contributed by atoms with van der Waals surface area (Å²) in [4.78, 5) is 26.9. The van der Waals surface area contributed by atoms with E-state index in [0.717, 1.165) is 11.1 Å². The first kappa shape index (κ1) is 17.0. The predicted molar refractivity (Wildman–Crippen MR) is 114 cm³/mol. The molecule has 5 aromatic rings. The van der Waals surface area contributed by atoms with Crippen LogP contribution in [0.5, 0.6) is 0 Å². The molecule has 2 aromatic heterocycles. The molecule has 0 atom stereocenters. The number of hydrogen-bond acceptors (Lipinski definition) is 2. The van der Waals surface area contributed by atoms with Crippen LogP contribution in [0.15, 0.2) is 113 Å². The Balaban J connectivity index is 1.94. The van der Waals surface area contributed by atoms with Gasteiger partial charge in [0, 0.05) is 11.1 Å². The average Bonchev–Trinajstić information content (AvgIpc) is 3.06. The van der Waals surface area contributed by atoms with Crippen molar-refractivity contribution >= 4 is 0 Å². The molecule has 0 unspecified atom stereocenters. The van der Waals surface area contributed by atoms with Crippen molar-refractivity contribution in [2.45, 2.75) is 0 Å². The van der Waals surface area contributed by atoms with Crippen molar-refractivity contribution in [3.63, 3.8) is 0 Å². The summed E-state index contributed by atoms with van der Waals surface area (Å²) in [7, 11) is 0. The lowest BCUT2D eigenvalue weighted by atomic mass is 10.1. The minimum absolute atomic E-state index is 0.405. The van der Waals surface area contributed by atoms with Gasteiger partial charge in [-0.05, 0) is 24.3 Å². The van der Waals surface area contributed by atoms with Crippen LogP contribution in [0.4, 0.5) is 0 Å². The molecule has 0 radical (unpaired) electrons. The highest BCUT2D eigenvalue weighted by atomic mass is 16.2. The minimum atomic E-state index is -0.405. The lowest BCUT2D eigenvalue weighted by molar-refractivity contribution is 0.789. The molecular weight excluding hydrogens is 362 g/mol. The van der Waals surface area contributed by atoms with Gasteiger partial charge in [-0.15, -0.1) is 0 Å². The number of aromatic nitrogens is 3. The molecule has 0 saturated heterocycles. The van der Waals surface area contributed by atoms with E-state index in [1.54, 1.807) is 12.1 Å². The first-order valence-electron chi connectivity index (χ1n) is 9.32. The normalized spacial score (nSPS) is 11.0. The third kappa shape index (κ3) is 2.72. The maximum absolute atomic E-state index is 13.4. The van der Waals surface area contributed by atoms with E-state index in [4.69, 9.17) is 0 Å². The highest BCUT2D eigenvalue weighted by Gasteiger charge is 2.19. The Kier molecular flexibility index (Phi) is 3.99. The number of hydrogen-bond donors (Lipinski definition) is 0. The second-order valence-electron chi connectivity index (χ2n) is 6.70. The van der Waals surface area contributed by atoms with Crippen molar-refractivity contribution < 1.29 is 0 Å². The molecule has 29 heavy (non-hydrogen) atoms. The largest absolute Gasteiger partial charge is 0.356 e. The highest BCUT2D eigenvalue weighted by Crippen LogP contribution is 2.23. The van der Waals surface area contributed by atoms with Gasteiger partial charge in [-0.2, -0.15) is 9.03 Å². The Bertz CT molecular complexity index is 1320. The lowest BCUT2D eigenvalue weighted by Crippen LogP contribution is -2.26. The summed E-state index contributed by atoms with van der Waals surface area (Å²) in [5.41, 5.74) is 2.75. The summed E-state index contributed by atoms with van der Waals surface area (Å²) >= 11 is 0. The minimum Gasteiger partial charge on any atom is -0.245 e. The van der Waals surface area contributed by atoms with Gasteiger partial charge in [0.25, 0.3) is 0 Å². The van der Waals surface area contributed by atoms with E-state index in [1.165, 1.54) is 13.6 Å². The summed E-state index contributed by atoms with van der Waals surface area (Å²) in [6.07, 6.45) is 0. The lowest BCUT2D eigenvalue weighted by Gasteiger charge is -2.10. The molecule has 0 aliphatic carbocycles. The summed E-state index contributed by atoms with van der Waals surface area (Å²) < 4.78 is 4.11. The molecule has 5 heteroatoms. The maximum Gasteiger partial charge on any atom is 0.356 e. The fourth-order valence-electron chi connectivity index (χ4n) is 3.62. The Morgan fingerprint density at radius 2 is 0.828 bits per heavy atom. The fraction of sp³-hybridized carbons (Fsp3) is 0. The molecule has 0 saturated carbocycles. The zero-order valence-electron chi connectivity index (χ0n) is 15.5. The van der Waals surface area contributed by atoms with Gasteiger partial charge in [0.05, 0.1) is 17.1 Å². The first-order chi connectivity index (χ1) is 14.3.